The van der Waals surface area contributed by atoms with E-state index in [0.29, 0.717) is 39.0 Å². The Kier molecular flexibility index (Phi) is 6.29. The van der Waals surface area contributed by atoms with Crippen molar-refractivity contribution in [3.05, 3.63) is 54.2 Å². The Labute approximate surface area is 180 Å². The van der Waals surface area contributed by atoms with Gasteiger partial charge in [0.2, 0.25) is 5.91 Å². The molecule has 3 aromatic rings. The quantitative estimate of drug-likeness (QED) is 0.556. The Bertz CT molecular complexity index is 1070. The molecule has 1 saturated heterocycles. The molecule has 1 amide bonds. The zero-order valence-corrected chi connectivity index (χ0v) is 18.2. The molecule has 0 radical (unpaired) electrons. The van der Waals surface area contributed by atoms with Gasteiger partial charge in [-0.15, -0.1) is 0 Å². The number of hydrogen-bond acceptors (Lipinski definition) is 7. The largest absolute Gasteiger partial charge is 0.344 e. The molecular weight excluding hydrogens is 420 g/mol. The maximum absolute atomic E-state index is 12.5. The molecule has 1 aromatic carbocycles. The lowest BCUT2D eigenvalue weighted by Gasteiger charge is -2.34. The van der Waals surface area contributed by atoms with E-state index >= 15 is 0 Å². The van der Waals surface area contributed by atoms with Gasteiger partial charge < -0.3 is 9.80 Å². The normalized spacial score (nSPS) is 14.9. The predicted molar refractivity (Wildman–Crippen MR) is 120 cm³/mol. The number of fused-ring (bicyclic) bond motifs is 1. The minimum Gasteiger partial charge on any atom is -0.344 e. The highest BCUT2D eigenvalue weighted by Gasteiger charge is 2.26. The molecule has 2 aromatic heterocycles. The van der Waals surface area contributed by atoms with Crippen LogP contribution in [-0.2, 0) is 21.1 Å². The zero-order chi connectivity index (χ0) is 21.0. The highest BCUT2D eigenvalue weighted by atomic mass is 32.2. The Hall–Kier alpha value is -2.52. The maximum atomic E-state index is 12.5. The molecule has 9 heteroatoms. The van der Waals surface area contributed by atoms with Gasteiger partial charge >= 0.3 is 0 Å². The van der Waals surface area contributed by atoms with Crippen molar-refractivity contribution in [1.29, 1.82) is 0 Å². The molecule has 0 aliphatic carbocycles. The third-order valence-electron chi connectivity index (χ3n) is 5.17. The van der Waals surface area contributed by atoms with Crippen LogP contribution >= 0.6 is 11.3 Å². The van der Waals surface area contributed by atoms with Crippen molar-refractivity contribution in [3.8, 4) is 0 Å². The van der Waals surface area contributed by atoms with Crippen molar-refractivity contribution in [3.63, 3.8) is 0 Å². The van der Waals surface area contributed by atoms with Crippen LogP contribution in [0.25, 0.3) is 10.3 Å². The number of aromatic nitrogens is 2. The Morgan fingerprint density at radius 2 is 1.80 bits per heavy atom. The first-order valence-corrected chi connectivity index (χ1v) is 12.6. The van der Waals surface area contributed by atoms with E-state index in [4.69, 9.17) is 0 Å². The topological polar surface area (TPSA) is 83.5 Å². The van der Waals surface area contributed by atoms with Crippen LogP contribution in [0, 0.1) is 0 Å². The van der Waals surface area contributed by atoms with Crippen LogP contribution in [0.3, 0.4) is 0 Å². The van der Waals surface area contributed by atoms with Gasteiger partial charge in [-0.05, 0) is 30.5 Å². The summed E-state index contributed by atoms with van der Waals surface area (Å²) in [7, 11) is -3.41. The zero-order valence-electron chi connectivity index (χ0n) is 16.6. The van der Waals surface area contributed by atoms with E-state index in [0.717, 1.165) is 21.0 Å². The minimum atomic E-state index is -3.41. The van der Waals surface area contributed by atoms with Crippen LogP contribution in [0.4, 0.5) is 5.13 Å². The van der Waals surface area contributed by atoms with Crippen molar-refractivity contribution >= 4 is 42.6 Å². The standard InChI is InChI=1S/C21H24N4O3S2/c26-19(16-30(27,28)15-5-8-17-6-2-1-3-7-17)24-11-13-25(14-12-24)21-23-18-9-4-10-22-20(18)29-21/h1-4,6-7,9-10H,5,8,11-16H2. The van der Waals surface area contributed by atoms with Gasteiger partial charge in [-0.25, -0.2) is 18.4 Å². The van der Waals surface area contributed by atoms with Crippen molar-refractivity contribution in [2.75, 3.05) is 42.6 Å². The number of amides is 1. The van der Waals surface area contributed by atoms with Gasteiger partial charge in [-0.3, -0.25) is 4.79 Å². The number of piperazine rings is 1. The number of nitrogens with zero attached hydrogens (tertiary/aromatic N) is 4. The number of benzene rings is 1. The molecule has 0 unspecified atom stereocenters. The molecule has 1 aliphatic rings. The van der Waals surface area contributed by atoms with Crippen molar-refractivity contribution in [2.45, 2.75) is 12.8 Å². The van der Waals surface area contributed by atoms with E-state index in [1.165, 1.54) is 11.3 Å². The molecule has 3 heterocycles. The highest BCUT2D eigenvalue weighted by Crippen LogP contribution is 2.27. The maximum Gasteiger partial charge on any atom is 0.237 e. The van der Waals surface area contributed by atoms with E-state index in [1.807, 2.05) is 42.5 Å². The van der Waals surface area contributed by atoms with E-state index in [1.54, 1.807) is 11.1 Å². The number of carbonyl (C=O) groups is 1. The summed E-state index contributed by atoms with van der Waals surface area (Å²) in [5.74, 6) is -0.681. The summed E-state index contributed by atoms with van der Waals surface area (Å²) in [4.78, 5) is 26.1. The van der Waals surface area contributed by atoms with Gasteiger partial charge in [0, 0.05) is 32.4 Å². The van der Waals surface area contributed by atoms with Gasteiger partial charge in [0.1, 0.15) is 16.1 Å². The van der Waals surface area contributed by atoms with E-state index in [2.05, 4.69) is 14.9 Å². The van der Waals surface area contributed by atoms with Crippen LogP contribution in [-0.4, -0.2) is 66.9 Å². The summed E-state index contributed by atoms with van der Waals surface area (Å²) in [6.07, 6.45) is 2.98. The monoisotopic (exact) mass is 444 g/mol. The summed E-state index contributed by atoms with van der Waals surface area (Å²) >= 11 is 1.54. The van der Waals surface area contributed by atoms with Crippen LogP contribution < -0.4 is 4.90 Å². The molecule has 7 nitrogen and oxygen atoms in total. The molecule has 4 rings (SSSR count). The van der Waals surface area contributed by atoms with Crippen LogP contribution in [0.5, 0.6) is 0 Å². The lowest BCUT2D eigenvalue weighted by atomic mass is 10.1. The lowest BCUT2D eigenvalue weighted by molar-refractivity contribution is -0.128. The third kappa shape index (κ3) is 5.14. The second kappa shape index (κ2) is 9.09. The highest BCUT2D eigenvalue weighted by molar-refractivity contribution is 7.92. The van der Waals surface area contributed by atoms with Crippen molar-refractivity contribution in [2.24, 2.45) is 0 Å². The summed E-state index contributed by atoms with van der Waals surface area (Å²) in [6.45, 7) is 2.28. The Balaban J connectivity index is 1.26. The molecule has 0 N–H and O–H groups in total. The molecule has 0 spiro atoms. The predicted octanol–water partition coefficient (Wildman–Crippen LogP) is 2.39. The summed E-state index contributed by atoms with van der Waals surface area (Å²) in [5, 5.41) is 0.893. The average Bonchev–Trinajstić information content (AvgIpc) is 3.18. The molecular formula is C21H24N4O3S2. The van der Waals surface area contributed by atoms with E-state index in [-0.39, 0.29) is 11.7 Å². The molecule has 0 bridgehead atoms. The smallest absolute Gasteiger partial charge is 0.237 e. The fourth-order valence-corrected chi connectivity index (χ4v) is 5.78. The van der Waals surface area contributed by atoms with Crippen molar-refractivity contribution in [1.82, 2.24) is 14.9 Å². The molecule has 30 heavy (non-hydrogen) atoms. The number of sulfone groups is 1. The van der Waals surface area contributed by atoms with Crippen molar-refractivity contribution < 1.29 is 13.2 Å². The van der Waals surface area contributed by atoms with Crippen LogP contribution in [0.15, 0.2) is 48.7 Å². The number of aryl methyl sites for hydroxylation is 1. The Morgan fingerprint density at radius 3 is 2.53 bits per heavy atom. The molecule has 158 valence electrons. The molecule has 0 atom stereocenters. The fraction of sp³-hybridized carbons (Fsp3) is 0.381. The Morgan fingerprint density at radius 1 is 1.03 bits per heavy atom. The van der Waals surface area contributed by atoms with Crippen LogP contribution in [0.2, 0.25) is 0 Å². The second-order valence-electron chi connectivity index (χ2n) is 7.37. The minimum absolute atomic E-state index is 0.0340. The number of pyridine rings is 1. The lowest BCUT2D eigenvalue weighted by Crippen LogP contribution is -2.50. The number of thiazole rings is 1. The fourth-order valence-electron chi connectivity index (χ4n) is 3.53. The number of rotatable bonds is 7. The second-order valence-corrected chi connectivity index (χ2v) is 10.5. The number of anilines is 1. The first kappa shape index (κ1) is 20.7. The van der Waals surface area contributed by atoms with Crippen LogP contribution in [0.1, 0.15) is 12.0 Å². The van der Waals surface area contributed by atoms with Gasteiger partial charge in [0.15, 0.2) is 15.0 Å². The van der Waals surface area contributed by atoms with Gasteiger partial charge in [0.25, 0.3) is 0 Å². The number of carbonyl (C=O) groups excluding carboxylic acids is 1. The molecule has 0 saturated carbocycles. The summed E-state index contributed by atoms with van der Waals surface area (Å²) in [6, 6.07) is 13.6. The summed E-state index contributed by atoms with van der Waals surface area (Å²) < 4.78 is 24.8. The van der Waals surface area contributed by atoms with Gasteiger partial charge in [0.05, 0.1) is 5.75 Å². The van der Waals surface area contributed by atoms with E-state index in [9.17, 15) is 13.2 Å². The first-order chi connectivity index (χ1) is 14.5. The third-order valence-corrected chi connectivity index (χ3v) is 7.80. The number of hydrogen-bond donors (Lipinski definition) is 0. The molecule has 1 fully saturated rings. The van der Waals surface area contributed by atoms with Gasteiger partial charge in [-0.2, -0.15) is 0 Å². The summed E-state index contributed by atoms with van der Waals surface area (Å²) in [5.41, 5.74) is 1.98. The average molecular weight is 445 g/mol. The SMILES string of the molecule is O=C(CS(=O)(=O)CCCc1ccccc1)N1CCN(c2nc3cccnc3s2)CC1. The van der Waals surface area contributed by atoms with Gasteiger partial charge in [-0.1, -0.05) is 41.7 Å². The molecule has 1 aliphatic heterocycles. The first-order valence-electron chi connectivity index (χ1n) is 9.99. The van der Waals surface area contributed by atoms with E-state index < -0.39 is 15.6 Å².